The summed E-state index contributed by atoms with van der Waals surface area (Å²) in [7, 11) is 0. The van der Waals surface area contributed by atoms with Gasteiger partial charge in [-0.15, -0.1) is 0 Å². The molecular formula is C12H17FO. The fourth-order valence-electron chi connectivity index (χ4n) is 2.17. The van der Waals surface area contributed by atoms with Gasteiger partial charge in [0.2, 0.25) is 0 Å². The van der Waals surface area contributed by atoms with E-state index in [9.17, 15) is 4.39 Å². The van der Waals surface area contributed by atoms with Crippen LogP contribution in [-0.4, -0.2) is 12.7 Å². The normalized spacial score (nSPS) is 33.6. The molecule has 2 heteroatoms. The van der Waals surface area contributed by atoms with Crippen LogP contribution in [0.15, 0.2) is 23.6 Å². The van der Waals surface area contributed by atoms with Gasteiger partial charge < -0.3 is 4.74 Å². The number of ether oxygens (including phenoxy) is 1. The quantitative estimate of drug-likeness (QED) is 0.624. The van der Waals surface area contributed by atoms with E-state index in [0.717, 1.165) is 31.4 Å². The van der Waals surface area contributed by atoms with Gasteiger partial charge in [-0.05, 0) is 43.3 Å². The summed E-state index contributed by atoms with van der Waals surface area (Å²) in [5.74, 6) is 0.394. The average molecular weight is 196 g/mol. The fourth-order valence-corrected chi connectivity index (χ4v) is 2.17. The topological polar surface area (TPSA) is 9.23 Å². The Morgan fingerprint density at radius 3 is 3.00 bits per heavy atom. The van der Waals surface area contributed by atoms with Crippen LogP contribution in [0.5, 0.6) is 0 Å². The predicted molar refractivity (Wildman–Crippen MR) is 54.6 cm³/mol. The summed E-state index contributed by atoms with van der Waals surface area (Å²) in [6.45, 7) is 2.91. The lowest BCUT2D eigenvalue weighted by Crippen LogP contribution is -2.23. The van der Waals surface area contributed by atoms with Gasteiger partial charge in [-0.25, -0.2) is 4.39 Å². The van der Waals surface area contributed by atoms with Gasteiger partial charge in [-0.1, -0.05) is 13.0 Å². The van der Waals surface area contributed by atoms with Crippen LogP contribution in [-0.2, 0) is 4.74 Å². The summed E-state index contributed by atoms with van der Waals surface area (Å²) in [6, 6.07) is 0. The zero-order valence-electron chi connectivity index (χ0n) is 8.63. The lowest BCUT2D eigenvalue weighted by atomic mass is 9.89. The maximum atomic E-state index is 13.5. The first-order valence-electron chi connectivity index (χ1n) is 5.45. The van der Waals surface area contributed by atoms with Crippen LogP contribution >= 0.6 is 0 Å². The van der Waals surface area contributed by atoms with Gasteiger partial charge in [-0.3, -0.25) is 0 Å². The van der Waals surface area contributed by atoms with Crippen LogP contribution in [0.3, 0.4) is 0 Å². The lowest BCUT2D eigenvalue weighted by molar-refractivity contribution is 0.0349. The minimum atomic E-state index is -0.0602. The van der Waals surface area contributed by atoms with E-state index in [0.29, 0.717) is 5.92 Å². The monoisotopic (exact) mass is 196 g/mol. The molecule has 1 fully saturated rings. The Kier molecular flexibility index (Phi) is 3.02. The zero-order valence-corrected chi connectivity index (χ0v) is 8.63. The van der Waals surface area contributed by atoms with Crippen molar-refractivity contribution in [2.24, 2.45) is 5.92 Å². The van der Waals surface area contributed by atoms with Crippen LogP contribution in [0.2, 0.25) is 0 Å². The minimum Gasteiger partial charge on any atom is -0.374 e. The van der Waals surface area contributed by atoms with E-state index in [2.05, 4.69) is 6.92 Å². The zero-order chi connectivity index (χ0) is 9.97. The molecule has 0 aromatic heterocycles. The van der Waals surface area contributed by atoms with Crippen LogP contribution in [0.1, 0.15) is 32.6 Å². The van der Waals surface area contributed by atoms with E-state index in [4.69, 9.17) is 4.74 Å². The molecule has 1 nitrogen and oxygen atoms in total. The molecule has 0 amide bonds. The molecule has 0 aromatic carbocycles. The molecule has 0 spiro atoms. The second-order valence-electron chi connectivity index (χ2n) is 4.27. The number of hydrogen-bond donors (Lipinski definition) is 0. The van der Waals surface area contributed by atoms with Crippen LogP contribution < -0.4 is 0 Å². The molecule has 0 bridgehead atoms. The van der Waals surface area contributed by atoms with Crippen LogP contribution in [0.25, 0.3) is 0 Å². The van der Waals surface area contributed by atoms with Crippen molar-refractivity contribution in [1.82, 2.24) is 0 Å². The van der Waals surface area contributed by atoms with Crippen molar-refractivity contribution in [3.63, 3.8) is 0 Å². The van der Waals surface area contributed by atoms with Gasteiger partial charge in [0.15, 0.2) is 0 Å². The largest absolute Gasteiger partial charge is 0.374 e. The van der Waals surface area contributed by atoms with Crippen molar-refractivity contribution in [2.45, 2.75) is 38.7 Å². The summed E-state index contributed by atoms with van der Waals surface area (Å²) < 4.78 is 19.1. The molecule has 0 aromatic rings. The summed E-state index contributed by atoms with van der Waals surface area (Å²) in [6.07, 6.45) is 7.69. The second kappa shape index (κ2) is 4.26. The molecule has 1 aliphatic carbocycles. The third-order valence-electron chi connectivity index (χ3n) is 2.99. The third-order valence-corrected chi connectivity index (χ3v) is 2.99. The summed E-state index contributed by atoms with van der Waals surface area (Å²) >= 11 is 0. The van der Waals surface area contributed by atoms with Gasteiger partial charge >= 0.3 is 0 Å². The summed E-state index contributed by atoms with van der Waals surface area (Å²) in [4.78, 5) is 0. The van der Waals surface area contributed by atoms with Crippen molar-refractivity contribution < 1.29 is 9.13 Å². The first kappa shape index (κ1) is 9.91. The molecule has 1 unspecified atom stereocenters. The molecule has 2 rings (SSSR count). The highest BCUT2D eigenvalue weighted by Gasteiger charge is 2.24. The van der Waals surface area contributed by atoms with E-state index >= 15 is 0 Å². The van der Waals surface area contributed by atoms with Crippen LogP contribution in [0.4, 0.5) is 4.39 Å². The molecular weight excluding hydrogens is 179 g/mol. The average Bonchev–Trinajstić information content (AvgIpc) is 2.23. The van der Waals surface area contributed by atoms with E-state index < -0.39 is 0 Å². The molecule has 2 atom stereocenters. The molecule has 0 saturated carbocycles. The van der Waals surface area contributed by atoms with Gasteiger partial charge in [0.25, 0.3) is 0 Å². The van der Waals surface area contributed by atoms with Crippen LogP contribution in [0, 0.1) is 5.92 Å². The fraction of sp³-hybridized carbons (Fsp3) is 0.667. The Morgan fingerprint density at radius 1 is 1.43 bits per heavy atom. The molecule has 2 aliphatic rings. The second-order valence-corrected chi connectivity index (χ2v) is 4.27. The number of halogens is 1. The first-order valence-corrected chi connectivity index (χ1v) is 5.45. The molecule has 78 valence electrons. The van der Waals surface area contributed by atoms with E-state index in [-0.39, 0.29) is 11.9 Å². The summed E-state index contributed by atoms with van der Waals surface area (Å²) in [5.41, 5.74) is 0.889. The third kappa shape index (κ3) is 2.06. The highest BCUT2D eigenvalue weighted by Crippen LogP contribution is 2.31. The van der Waals surface area contributed by atoms with Gasteiger partial charge in [0, 0.05) is 6.61 Å². The molecule has 1 aliphatic heterocycles. The number of hydrogen-bond acceptors (Lipinski definition) is 1. The van der Waals surface area contributed by atoms with Gasteiger partial charge in [-0.2, -0.15) is 0 Å². The van der Waals surface area contributed by atoms with E-state index in [1.165, 1.54) is 6.42 Å². The van der Waals surface area contributed by atoms with Crippen molar-refractivity contribution in [1.29, 1.82) is 0 Å². The number of allylic oxidation sites excluding steroid dienone is 3. The highest BCUT2D eigenvalue weighted by molar-refractivity contribution is 5.28. The Labute approximate surface area is 84.6 Å². The molecule has 0 radical (unpaired) electrons. The van der Waals surface area contributed by atoms with Gasteiger partial charge in [0.1, 0.15) is 5.83 Å². The molecule has 0 N–H and O–H groups in total. The lowest BCUT2D eigenvalue weighted by Gasteiger charge is -2.28. The van der Waals surface area contributed by atoms with Crippen molar-refractivity contribution in [3.8, 4) is 0 Å². The van der Waals surface area contributed by atoms with Crippen molar-refractivity contribution >= 4 is 0 Å². The molecule has 1 saturated heterocycles. The Balaban J connectivity index is 2.10. The predicted octanol–water partition coefficient (Wildman–Crippen LogP) is 3.38. The Bertz CT molecular complexity index is 261. The smallest absolute Gasteiger partial charge is 0.124 e. The standard InChI is InChI=1S/C12H17FO/c1-9-5-6-11(13)10(8-9)12-4-2-3-7-14-12/h5-6,9,12H,2-4,7-8H2,1H3/t9?,12-/m0/s1. The first-order chi connectivity index (χ1) is 6.77. The van der Waals surface area contributed by atoms with Gasteiger partial charge in [0.05, 0.1) is 6.10 Å². The van der Waals surface area contributed by atoms with E-state index in [1.807, 2.05) is 6.08 Å². The Morgan fingerprint density at radius 2 is 2.29 bits per heavy atom. The molecule has 1 heterocycles. The van der Waals surface area contributed by atoms with Crippen molar-refractivity contribution in [2.75, 3.05) is 6.61 Å². The van der Waals surface area contributed by atoms with E-state index in [1.54, 1.807) is 6.08 Å². The number of rotatable bonds is 1. The minimum absolute atomic E-state index is 0.0520. The maximum Gasteiger partial charge on any atom is 0.124 e. The van der Waals surface area contributed by atoms with Crippen molar-refractivity contribution in [3.05, 3.63) is 23.6 Å². The highest BCUT2D eigenvalue weighted by atomic mass is 19.1. The summed E-state index contributed by atoms with van der Waals surface area (Å²) in [5, 5.41) is 0. The maximum absolute atomic E-state index is 13.5. The SMILES string of the molecule is CC1C=CC(F)=C([C@@H]2CCCCO2)C1. The molecule has 14 heavy (non-hydrogen) atoms. The Hall–Kier alpha value is -0.630.